The molecule has 2 N–H and O–H groups in total. The zero-order chi connectivity index (χ0) is 10.4. The van der Waals surface area contributed by atoms with E-state index in [1.807, 2.05) is 6.26 Å². The maximum atomic E-state index is 4.99. The fourth-order valence-electron chi connectivity index (χ4n) is 0.708. The number of H-pyrrole nitrogens is 1. The van der Waals surface area contributed by atoms with Crippen LogP contribution in [0.25, 0.3) is 0 Å². The average molecular weight is 248 g/mol. The van der Waals surface area contributed by atoms with Crippen molar-refractivity contribution in [1.29, 1.82) is 0 Å². The van der Waals surface area contributed by atoms with Gasteiger partial charge >= 0.3 is 0 Å². The summed E-state index contributed by atoms with van der Waals surface area (Å²) in [5.74, 6) is 1.65. The Labute approximate surface area is 97.0 Å². The van der Waals surface area contributed by atoms with Crippen molar-refractivity contribution in [2.45, 2.75) is 18.5 Å². The molecule has 0 fully saturated rings. The molecule has 0 aliphatic rings. The molecule has 14 heavy (non-hydrogen) atoms. The highest BCUT2D eigenvalue weighted by Gasteiger charge is 2.03. The summed E-state index contributed by atoms with van der Waals surface area (Å²) in [6.07, 6.45) is 3.03. The van der Waals surface area contributed by atoms with Crippen LogP contribution >= 0.6 is 35.7 Å². The quantitative estimate of drug-likeness (QED) is 0.630. The van der Waals surface area contributed by atoms with E-state index in [0.717, 1.165) is 17.3 Å². The second-order valence-corrected chi connectivity index (χ2v) is 4.98. The molecule has 0 unspecified atom stereocenters. The van der Waals surface area contributed by atoms with Gasteiger partial charge in [-0.05, 0) is 12.7 Å². The number of thiocarbonyl (C=S) groups is 1. The van der Waals surface area contributed by atoms with Crippen LogP contribution in [0.2, 0.25) is 0 Å². The molecule has 1 aromatic rings. The van der Waals surface area contributed by atoms with Gasteiger partial charge in [-0.2, -0.15) is 4.98 Å². The molecule has 0 saturated carbocycles. The van der Waals surface area contributed by atoms with Crippen LogP contribution < -0.4 is 5.32 Å². The van der Waals surface area contributed by atoms with E-state index in [1.165, 1.54) is 11.8 Å². The van der Waals surface area contributed by atoms with Gasteiger partial charge in [-0.15, -0.1) is 16.9 Å². The molecule has 1 aromatic heterocycles. The summed E-state index contributed by atoms with van der Waals surface area (Å²) < 4.78 is 0.688. The smallest absolute Gasteiger partial charge is 0.225 e. The van der Waals surface area contributed by atoms with E-state index in [0.29, 0.717) is 10.3 Å². The number of hydrogen-bond acceptors (Lipinski definition) is 5. The van der Waals surface area contributed by atoms with Crippen LogP contribution in [-0.4, -0.2) is 31.5 Å². The molecule has 0 atom stereocenters. The molecule has 1 heterocycles. The lowest BCUT2D eigenvalue weighted by Crippen LogP contribution is -2.04. The zero-order valence-electron chi connectivity index (χ0n) is 8.03. The van der Waals surface area contributed by atoms with Gasteiger partial charge in [0, 0.05) is 5.75 Å². The molecule has 0 saturated heterocycles. The number of rotatable bonds is 4. The van der Waals surface area contributed by atoms with Crippen molar-refractivity contribution >= 4 is 46.0 Å². The number of nitrogens with zero attached hydrogens (tertiary/aromatic N) is 2. The molecule has 0 aliphatic carbocycles. The summed E-state index contributed by atoms with van der Waals surface area (Å²) in [7, 11) is 0. The van der Waals surface area contributed by atoms with Crippen molar-refractivity contribution in [2.75, 3.05) is 17.3 Å². The van der Waals surface area contributed by atoms with Crippen molar-refractivity contribution < 1.29 is 0 Å². The highest BCUT2D eigenvalue weighted by Crippen LogP contribution is 2.15. The van der Waals surface area contributed by atoms with E-state index in [4.69, 9.17) is 12.2 Å². The Kier molecular flexibility index (Phi) is 5.28. The minimum atomic E-state index is 0.614. The predicted octanol–water partition coefficient (Wildman–Crippen LogP) is 2.37. The molecule has 0 spiro atoms. The molecule has 4 nitrogen and oxygen atoms in total. The minimum absolute atomic E-state index is 0.614. The average Bonchev–Trinajstić information content (AvgIpc) is 2.62. The first-order valence-corrected chi connectivity index (χ1v) is 6.78. The fraction of sp³-hybridized carbons (Fsp3) is 0.571. The Morgan fingerprint density at radius 1 is 1.64 bits per heavy atom. The Morgan fingerprint density at radius 2 is 2.43 bits per heavy atom. The first kappa shape index (κ1) is 11.8. The van der Waals surface area contributed by atoms with E-state index in [2.05, 4.69) is 27.4 Å². The normalized spacial score (nSPS) is 10.1. The molecule has 0 radical (unpaired) electrons. The van der Waals surface area contributed by atoms with E-state index in [9.17, 15) is 0 Å². The number of hydrogen-bond donors (Lipinski definition) is 2. The topological polar surface area (TPSA) is 53.6 Å². The first-order valence-electron chi connectivity index (χ1n) is 4.16. The van der Waals surface area contributed by atoms with Gasteiger partial charge in [0.05, 0.1) is 0 Å². The fourth-order valence-corrected chi connectivity index (χ4v) is 1.66. The van der Waals surface area contributed by atoms with Gasteiger partial charge in [0.1, 0.15) is 4.32 Å². The number of nitrogens with one attached hydrogen (secondary N) is 2. The summed E-state index contributed by atoms with van der Waals surface area (Å²) in [5, 5.41) is 10.5. The summed E-state index contributed by atoms with van der Waals surface area (Å²) in [4.78, 5) is 4.22. The molecule has 0 aliphatic heterocycles. The Bertz CT molecular complexity index is 299. The van der Waals surface area contributed by atoms with Gasteiger partial charge in [-0.25, -0.2) is 5.10 Å². The van der Waals surface area contributed by atoms with Gasteiger partial charge in [-0.3, -0.25) is 0 Å². The van der Waals surface area contributed by atoms with Crippen molar-refractivity contribution in [3.8, 4) is 0 Å². The van der Waals surface area contributed by atoms with Crippen molar-refractivity contribution in [2.24, 2.45) is 0 Å². The highest BCUT2D eigenvalue weighted by atomic mass is 32.2. The molecule has 78 valence electrons. The molecule has 0 aromatic carbocycles. The number of thioether (sulfide) groups is 2. The van der Waals surface area contributed by atoms with Crippen LogP contribution in [0, 0.1) is 0 Å². The third-order valence-electron chi connectivity index (χ3n) is 1.31. The first-order chi connectivity index (χ1) is 6.76. The van der Waals surface area contributed by atoms with Crippen LogP contribution in [0.5, 0.6) is 0 Å². The van der Waals surface area contributed by atoms with Gasteiger partial charge in [0.2, 0.25) is 11.1 Å². The van der Waals surface area contributed by atoms with Crippen molar-refractivity contribution in [1.82, 2.24) is 15.2 Å². The van der Waals surface area contributed by atoms with E-state index < -0.39 is 0 Å². The van der Waals surface area contributed by atoms with Crippen molar-refractivity contribution in [3.05, 3.63) is 0 Å². The maximum Gasteiger partial charge on any atom is 0.225 e. The highest BCUT2D eigenvalue weighted by molar-refractivity contribution is 8.22. The summed E-state index contributed by atoms with van der Waals surface area (Å²) >= 11 is 8.10. The van der Waals surface area contributed by atoms with E-state index in [1.54, 1.807) is 11.8 Å². The van der Waals surface area contributed by atoms with Crippen LogP contribution in [0.3, 0.4) is 0 Å². The third-order valence-corrected chi connectivity index (χ3v) is 3.43. The molecule has 1 rings (SSSR count). The standard InChI is InChI=1S/C7H12N4S3/c1-3-4-14-6-8-5(10-11-6)9-7(12)13-2/h3-4H2,1-2H3,(H2,8,9,10,11,12). The maximum absolute atomic E-state index is 4.99. The number of aromatic nitrogens is 3. The van der Waals surface area contributed by atoms with E-state index in [-0.39, 0.29) is 0 Å². The second-order valence-electron chi connectivity index (χ2n) is 2.43. The number of anilines is 1. The molecule has 0 amide bonds. The molecular formula is C7H12N4S3. The Balaban J connectivity index is 2.46. The zero-order valence-corrected chi connectivity index (χ0v) is 10.5. The largest absolute Gasteiger partial charge is 0.310 e. The Morgan fingerprint density at radius 3 is 3.07 bits per heavy atom. The van der Waals surface area contributed by atoms with Gasteiger partial charge in [-0.1, -0.05) is 30.9 Å². The lowest BCUT2D eigenvalue weighted by molar-refractivity contribution is 0.968. The second kappa shape index (κ2) is 6.26. The number of aromatic amines is 1. The van der Waals surface area contributed by atoms with Gasteiger partial charge < -0.3 is 5.32 Å². The van der Waals surface area contributed by atoms with Gasteiger partial charge in [0.15, 0.2) is 0 Å². The lowest BCUT2D eigenvalue weighted by Gasteiger charge is -1.98. The van der Waals surface area contributed by atoms with Crippen molar-refractivity contribution in [3.63, 3.8) is 0 Å². The molecular weight excluding hydrogens is 236 g/mol. The predicted molar refractivity (Wildman–Crippen MR) is 67.1 cm³/mol. The SMILES string of the molecule is CCCSc1n[nH]c(NC(=S)SC)n1. The van der Waals surface area contributed by atoms with Crippen LogP contribution in [0.4, 0.5) is 5.95 Å². The summed E-state index contributed by atoms with van der Waals surface area (Å²) in [6, 6.07) is 0. The van der Waals surface area contributed by atoms with E-state index >= 15 is 0 Å². The van der Waals surface area contributed by atoms with Crippen LogP contribution in [-0.2, 0) is 0 Å². The summed E-state index contributed by atoms with van der Waals surface area (Å²) in [5.41, 5.74) is 0. The Hall–Kier alpha value is -0.270. The summed E-state index contributed by atoms with van der Waals surface area (Å²) in [6.45, 7) is 2.13. The third kappa shape index (κ3) is 3.85. The van der Waals surface area contributed by atoms with Crippen LogP contribution in [0.15, 0.2) is 5.16 Å². The lowest BCUT2D eigenvalue weighted by atomic mass is 10.6. The molecule has 7 heteroatoms. The van der Waals surface area contributed by atoms with Gasteiger partial charge in [0.25, 0.3) is 0 Å². The monoisotopic (exact) mass is 248 g/mol. The molecule has 0 bridgehead atoms. The minimum Gasteiger partial charge on any atom is -0.310 e. The van der Waals surface area contributed by atoms with Crippen LogP contribution in [0.1, 0.15) is 13.3 Å².